The van der Waals surface area contributed by atoms with Crippen LogP contribution < -0.4 is 4.72 Å². The van der Waals surface area contributed by atoms with E-state index in [1.807, 2.05) is 0 Å². The van der Waals surface area contributed by atoms with Crippen LogP contribution in [0.15, 0.2) is 18.2 Å². The van der Waals surface area contributed by atoms with Gasteiger partial charge >= 0.3 is 0 Å². The summed E-state index contributed by atoms with van der Waals surface area (Å²) >= 11 is 0. The van der Waals surface area contributed by atoms with Crippen molar-refractivity contribution in [3.05, 3.63) is 42.1 Å². The van der Waals surface area contributed by atoms with Gasteiger partial charge in [-0.25, -0.2) is 17.5 Å². The summed E-state index contributed by atoms with van der Waals surface area (Å²) in [4.78, 5) is 0. The lowest BCUT2D eigenvalue weighted by molar-refractivity contribution is 0.574. The molecule has 0 aliphatic heterocycles. The van der Waals surface area contributed by atoms with Crippen LogP contribution in [0.2, 0.25) is 0 Å². The molecule has 1 N–H and O–H groups in total. The quantitative estimate of drug-likeness (QED) is 0.851. The Morgan fingerprint density at radius 1 is 1.47 bits per heavy atom. The summed E-state index contributed by atoms with van der Waals surface area (Å²) in [5.74, 6) is -0.477. The molecule has 0 fully saturated rings. The molecule has 0 aromatic heterocycles. The molecule has 0 spiro atoms. The Morgan fingerprint density at radius 2 is 2.13 bits per heavy atom. The zero-order valence-corrected chi connectivity index (χ0v) is 9.27. The van der Waals surface area contributed by atoms with Crippen molar-refractivity contribution in [2.45, 2.75) is 13.5 Å². The average molecular weight is 230 g/mol. The Bertz CT molecular complexity index is 443. The number of hydrogen-bond donors (Lipinski definition) is 1. The van der Waals surface area contributed by atoms with Crippen molar-refractivity contribution in [1.29, 1.82) is 0 Å². The van der Waals surface area contributed by atoms with Crippen LogP contribution in [0.25, 0.3) is 0 Å². The Labute approximate surface area is 89.4 Å². The Morgan fingerprint density at radius 3 is 2.73 bits per heavy atom. The summed E-state index contributed by atoms with van der Waals surface area (Å²) in [6.07, 6.45) is 0. The second-order valence-electron chi connectivity index (χ2n) is 3.11. The van der Waals surface area contributed by atoms with Crippen molar-refractivity contribution in [2.24, 2.45) is 0 Å². The van der Waals surface area contributed by atoms with Crippen LogP contribution in [-0.4, -0.2) is 14.2 Å². The van der Waals surface area contributed by atoms with E-state index >= 15 is 0 Å². The molecule has 0 saturated heterocycles. The van der Waals surface area contributed by atoms with E-state index in [0.717, 1.165) is 0 Å². The number of hydrogen-bond acceptors (Lipinski definition) is 2. The molecule has 3 nitrogen and oxygen atoms in total. The second kappa shape index (κ2) is 4.72. The number of halogens is 1. The predicted octanol–water partition coefficient (Wildman–Crippen LogP) is 1.45. The average Bonchev–Trinajstić information content (AvgIpc) is 2.20. The van der Waals surface area contributed by atoms with Gasteiger partial charge in [0.05, 0.1) is 5.75 Å². The Kier molecular flexibility index (Phi) is 3.82. The molecule has 0 saturated carbocycles. The van der Waals surface area contributed by atoms with Crippen molar-refractivity contribution in [3.8, 4) is 0 Å². The summed E-state index contributed by atoms with van der Waals surface area (Å²) < 4.78 is 37.9. The van der Waals surface area contributed by atoms with Crippen LogP contribution in [-0.2, 0) is 16.6 Å². The molecule has 0 unspecified atom stereocenters. The first-order valence-electron chi connectivity index (χ1n) is 4.53. The summed E-state index contributed by atoms with van der Waals surface area (Å²) in [5.41, 5.74) is 0.572. The van der Waals surface area contributed by atoms with Gasteiger partial charge in [0.2, 0.25) is 10.0 Å². The minimum absolute atomic E-state index is 0.0152. The van der Waals surface area contributed by atoms with E-state index in [1.165, 1.54) is 19.1 Å². The van der Waals surface area contributed by atoms with E-state index < -0.39 is 15.8 Å². The van der Waals surface area contributed by atoms with Gasteiger partial charge in [-0.1, -0.05) is 18.2 Å². The fraction of sp³-hybridized carbons (Fsp3) is 0.300. The molecular formula is C10H13FNO2S. The van der Waals surface area contributed by atoms with Gasteiger partial charge in [-0.05, 0) is 19.4 Å². The van der Waals surface area contributed by atoms with Crippen molar-refractivity contribution < 1.29 is 12.8 Å². The number of nitrogens with one attached hydrogen (secondary N) is 1. The standard InChI is InChI=1S/C10H13FNO2S/c1-3-15(13,14)12-7-9-6-4-5-8(2)10(9)11/h4-6,12H,2-3,7H2,1H3. The van der Waals surface area contributed by atoms with E-state index in [4.69, 9.17) is 0 Å². The van der Waals surface area contributed by atoms with Gasteiger partial charge in [0.15, 0.2) is 0 Å². The SMILES string of the molecule is [CH2]c1cccc(CNS(=O)(=O)CC)c1F. The third-order valence-corrected chi connectivity index (χ3v) is 3.37. The third kappa shape index (κ3) is 3.28. The van der Waals surface area contributed by atoms with Crippen LogP contribution in [0.4, 0.5) is 4.39 Å². The highest BCUT2D eigenvalue weighted by molar-refractivity contribution is 7.89. The first kappa shape index (κ1) is 12.1. The summed E-state index contributed by atoms with van der Waals surface area (Å²) in [6.45, 7) is 4.98. The van der Waals surface area contributed by atoms with E-state index in [2.05, 4.69) is 11.6 Å². The highest BCUT2D eigenvalue weighted by Gasteiger charge is 2.09. The molecule has 1 rings (SSSR count). The van der Waals surface area contributed by atoms with Crippen LogP contribution in [0.5, 0.6) is 0 Å². The van der Waals surface area contributed by atoms with Gasteiger partial charge in [-0.3, -0.25) is 0 Å². The monoisotopic (exact) mass is 230 g/mol. The lowest BCUT2D eigenvalue weighted by Gasteiger charge is -2.06. The lowest BCUT2D eigenvalue weighted by Crippen LogP contribution is -2.25. The second-order valence-corrected chi connectivity index (χ2v) is 5.21. The Balaban J connectivity index is 2.79. The molecule has 0 atom stereocenters. The number of sulfonamides is 1. The van der Waals surface area contributed by atoms with E-state index in [0.29, 0.717) is 5.56 Å². The molecule has 1 radical (unpaired) electrons. The molecule has 0 aliphatic carbocycles. The van der Waals surface area contributed by atoms with Gasteiger partial charge in [0.25, 0.3) is 0 Å². The van der Waals surface area contributed by atoms with Crippen molar-refractivity contribution in [2.75, 3.05) is 5.75 Å². The molecule has 0 amide bonds. The van der Waals surface area contributed by atoms with Gasteiger partial charge in [-0.15, -0.1) is 0 Å². The molecule has 1 aromatic carbocycles. The lowest BCUT2D eigenvalue weighted by atomic mass is 10.1. The maximum Gasteiger partial charge on any atom is 0.211 e. The van der Waals surface area contributed by atoms with Gasteiger partial charge in [0.1, 0.15) is 5.82 Å². The molecule has 15 heavy (non-hydrogen) atoms. The van der Waals surface area contributed by atoms with E-state index in [1.54, 1.807) is 6.07 Å². The zero-order chi connectivity index (χ0) is 11.5. The fourth-order valence-electron chi connectivity index (χ4n) is 1.06. The van der Waals surface area contributed by atoms with Crippen LogP contribution in [0.3, 0.4) is 0 Å². The topological polar surface area (TPSA) is 46.2 Å². The van der Waals surface area contributed by atoms with Gasteiger partial charge in [0, 0.05) is 12.1 Å². The minimum Gasteiger partial charge on any atom is -0.212 e. The Hall–Kier alpha value is -0.940. The molecule has 0 aliphatic rings. The highest BCUT2D eigenvalue weighted by Crippen LogP contribution is 2.11. The molecule has 5 heteroatoms. The normalized spacial score (nSPS) is 11.7. The largest absolute Gasteiger partial charge is 0.212 e. The van der Waals surface area contributed by atoms with Crippen molar-refractivity contribution in [1.82, 2.24) is 4.72 Å². The molecule has 0 heterocycles. The summed E-state index contributed by atoms with van der Waals surface area (Å²) in [7, 11) is -3.28. The maximum absolute atomic E-state index is 13.4. The summed E-state index contributed by atoms with van der Waals surface area (Å²) in [5, 5.41) is 0. The predicted molar refractivity (Wildman–Crippen MR) is 57.2 cm³/mol. The first-order valence-corrected chi connectivity index (χ1v) is 6.18. The summed E-state index contributed by atoms with van der Waals surface area (Å²) in [6, 6.07) is 4.70. The number of benzene rings is 1. The van der Waals surface area contributed by atoms with Gasteiger partial charge in [-0.2, -0.15) is 0 Å². The van der Waals surface area contributed by atoms with Crippen molar-refractivity contribution in [3.63, 3.8) is 0 Å². The molecule has 0 bridgehead atoms. The van der Waals surface area contributed by atoms with Crippen molar-refractivity contribution >= 4 is 10.0 Å². The molecule has 83 valence electrons. The minimum atomic E-state index is -3.28. The van der Waals surface area contributed by atoms with Crippen LogP contribution in [0.1, 0.15) is 18.1 Å². The zero-order valence-electron chi connectivity index (χ0n) is 8.46. The van der Waals surface area contributed by atoms with Crippen LogP contribution >= 0.6 is 0 Å². The third-order valence-electron chi connectivity index (χ3n) is 2.02. The molecular weight excluding hydrogens is 217 g/mol. The first-order chi connectivity index (χ1) is 6.96. The fourth-order valence-corrected chi connectivity index (χ4v) is 1.64. The van der Waals surface area contributed by atoms with Gasteiger partial charge < -0.3 is 0 Å². The smallest absolute Gasteiger partial charge is 0.211 e. The van der Waals surface area contributed by atoms with E-state index in [9.17, 15) is 12.8 Å². The van der Waals surface area contributed by atoms with Crippen LogP contribution in [0, 0.1) is 12.7 Å². The van der Waals surface area contributed by atoms with E-state index in [-0.39, 0.29) is 17.9 Å². The maximum atomic E-state index is 13.4. The highest BCUT2D eigenvalue weighted by atomic mass is 32.2. The molecule has 1 aromatic rings. The number of rotatable bonds is 4.